The number of carbonyl (C=O) groups is 1. The molecule has 3 N–H and O–H groups in total. The Bertz CT molecular complexity index is 448. The number of benzene rings is 1. The van der Waals surface area contributed by atoms with Gasteiger partial charge < -0.3 is 15.8 Å². The van der Waals surface area contributed by atoms with E-state index in [2.05, 4.69) is 5.32 Å². The fourth-order valence-electron chi connectivity index (χ4n) is 2.32. The third kappa shape index (κ3) is 4.46. The van der Waals surface area contributed by atoms with Gasteiger partial charge in [-0.2, -0.15) is 0 Å². The Morgan fingerprint density at radius 2 is 1.95 bits per heavy atom. The number of para-hydroxylation sites is 1. The van der Waals surface area contributed by atoms with E-state index < -0.39 is 5.41 Å². The Morgan fingerprint density at radius 1 is 1.33 bits per heavy atom. The van der Waals surface area contributed by atoms with Crippen LogP contribution in [0.2, 0.25) is 0 Å². The Morgan fingerprint density at radius 3 is 2.48 bits per heavy atom. The van der Waals surface area contributed by atoms with Gasteiger partial charge in [0.2, 0.25) is 5.91 Å². The van der Waals surface area contributed by atoms with E-state index in [9.17, 15) is 4.79 Å². The molecule has 0 radical (unpaired) electrons. The summed E-state index contributed by atoms with van der Waals surface area (Å²) >= 11 is 0. The molecular formula is C17H28N2O2. The Balaban J connectivity index is 2.55. The first-order valence-corrected chi connectivity index (χ1v) is 7.69. The van der Waals surface area contributed by atoms with Crippen LogP contribution < -0.4 is 15.8 Å². The van der Waals surface area contributed by atoms with Gasteiger partial charge >= 0.3 is 0 Å². The third-order valence-electron chi connectivity index (χ3n) is 4.20. The minimum Gasteiger partial charge on any atom is -0.489 e. The summed E-state index contributed by atoms with van der Waals surface area (Å²) in [5.41, 5.74) is 6.42. The van der Waals surface area contributed by atoms with Crippen LogP contribution in [0.5, 0.6) is 5.75 Å². The van der Waals surface area contributed by atoms with Gasteiger partial charge in [0.1, 0.15) is 11.9 Å². The van der Waals surface area contributed by atoms with Gasteiger partial charge in [0, 0.05) is 6.54 Å². The van der Waals surface area contributed by atoms with Crippen molar-refractivity contribution in [3.8, 4) is 5.75 Å². The van der Waals surface area contributed by atoms with Gasteiger partial charge in [0.15, 0.2) is 0 Å². The highest BCUT2D eigenvalue weighted by Crippen LogP contribution is 2.25. The highest BCUT2D eigenvalue weighted by molar-refractivity contribution is 5.82. The third-order valence-corrected chi connectivity index (χ3v) is 4.20. The van der Waals surface area contributed by atoms with Crippen LogP contribution in [0.1, 0.15) is 39.2 Å². The van der Waals surface area contributed by atoms with Gasteiger partial charge in [-0.1, -0.05) is 32.0 Å². The lowest BCUT2D eigenvalue weighted by Crippen LogP contribution is -2.47. The molecule has 0 aliphatic heterocycles. The normalized spacial score (nSPS) is 12.8. The number of nitrogens with two attached hydrogens (primary N) is 1. The average molecular weight is 292 g/mol. The summed E-state index contributed by atoms with van der Waals surface area (Å²) in [4.78, 5) is 12.3. The maximum Gasteiger partial charge on any atom is 0.227 e. The lowest BCUT2D eigenvalue weighted by molar-refractivity contribution is -0.131. The number of hydrogen-bond acceptors (Lipinski definition) is 3. The Labute approximate surface area is 128 Å². The zero-order valence-corrected chi connectivity index (χ0v) is 13.6. The minimum absolute atomic E-state index is 0.0234. The molecule has 1 unspecified atom stereocenters. The van der Waals surface area contributed by atoms with Crippen molar-refractivity contribution in [2.75, 3.05) is 13.1 Å². The quantitative estimate of drug-likeness (QED) is 0.774. The van der Waals surface area contributed by atoms with E-state index in [1.165, 1.54) is 0 Å². The molecule has 0 heterocycles. The van der Waals surface area contributed by atoms with Gasteiger partial charge in [-0.25, -0.2) is 0 Å². The predicted octanol–water partition coefficient (Wildman–Crippen LogP) is 2.64. The number of hydrogen-bond donors (Lipinski definition) is 2. The number of amides is 1. The molecule has 4 heteroatoms. The summed E-state index contributed by atoms with van der Waals surface area (Å²) in [6, 6.07) is 7.87. The molecule has 1 rings (SSSR count). The molecule has 1 aromatic carbocycles. The molecule has 0 aromatic heterocycles. The van der Waals surface area contributed by atoms with Crippen LogP contribution in [0.25, 0.3) is 0 Å². The maximum absolute atomic E-state index is 12.3. The second kappa shape index (κ2) is 8.03. The zero-order chi connectivity index (χ0) is 15.9. The van der Waals surface area contributed by atoms with Crippen molar-refractivity contribution in [1.29, 1.82) is 0 Å². The summed E-state index contributed by atoms with van der Waals surface area (Å²) in [6.45, 7) is 8.82. The van der Waals surface area contributed by atoms with Crippen molar-refractivity contribution in [3.63, 3.8) is 0 Å². The summed E-state index contributed by atoms with van der Waals surface area (Å²) in [7, 11) is 0. The molecular weight excluding hydrogens is 264 g/mol. The first-order chi connectivity index (χ1) is 9.99. The smallest absolute Gasteiger partial charge is 0.227 e. The topological polar surface area (TPSA) is 64.4 Å². The van der Waals surface area contributed by atoms with Crippen molar-refractivity contribution in [2.24, 2.45) is 11.1 Å². The molecule has 0 fully saturated rings. The first kappa shape index (κ1) is 17.5. The molecule has 0 aliphatic carbocycles. The minimum atomic E-state index is -0.456. The standard InChI is InChI=1S/C17H28N2O2/c1-5-17(6-2,12-18)16(20)19-11-14(4)21-15-10-8-7-9-13(15)3/h7-10,14H,5-6,11-12,18H2,1-4H3,(H,19,20). The number of carbonyl (C=O) groups excluding carboxylic acids is 1. The van der Waals surface area contributed by atoms with E-state index >= 15 is 0 Å². The van der Waals surface area contributed by atoms with E-state index in [1.54, 1.807) is 0 Å². The number of nitrogens with one attached hydrogen (secondary N) is 1. The monoisotopic (exact) mass is 292 g/mol. The molecule has 4 nitrogen and oxygen atoms in total. The molecule has 0 saturated heterocycles. The van der Waals surface area contributed by atoms with Crippen LogP contribution in [0.15, 0.2) is 24.3 Å². The van der Waals surface area contributed by atoms with Crippen LogP contribution in [0.4, 0.5) is 0 Å². The van der Waals surface area contributed by atoms with Crippen molar-refractivity contribution >= 4 is 5.91 Å². The van der Waals surface area contributed by atoms with E-state index in [0.717, 1.165) is 24.2 Å². The lowest BCUT2D eigenvalue weighted by Gasteiger charge is -2.29. The van der Waals surface area contributed by atoms with Crippen molar-refractivity contribution < 1.29 is 9.53 Å². The SMILES string of the molecule is CCC(CC)(CN)C(=O)NCC(C)Oc1ccccc1C. The van der Waals surface area contributed by atoms with Gasteiger partial charge in [-0.05, 0) is 38.3 Å². The molecule has 0 aliphatic rings. The van der Waals surface area contributed by atoms with Crippen LogP contribution in [-0.4, -0.2) is 25.1 Å². The summed E-state index contributed by atoms with van der Waals surface area (Å²) in [5.74, 6) is 0.880. The molecule has 1 atom stereocenters. The van der Waals surface area contributed by atoms with Crippen LogP contribution in [0.3, 0.4) is 0 Å². The fourth-order valence-corrected chi connectivity index (χ4v) is 2.32. The molecule has 21 heavy (non-hydrogen) atoms. The largest absolute Gasteiger partial charge is 0.489 e. The Hall–Kier alpha value is -1.55. The number of aryl methyl sites for hydroxylation is 1. The van der Waals surface area contributed by atoms with Gasteiger partial charge in [0.05, 0.1) is 12.0 Å². The Kier molecular flexibility index (Phi) is 6.69. The van der Waals surface area contributed by atoms with Crippen LogP contribution in [-0.2, 0) is 4.79 Å². The maximum atomic E-state index is 12.3. The zero-order valence-electron chi connectivity index (χ0n) is 13.6. The molecule has 0 spiro atoms. The van der Waals surface area contributed by atoms with E-state index in [-0.39, 0.29) is 12.0 Å². The molecule has 1 amide bonds. The second-order valence-corrected chi connectivity index (χ2v) is 5.60. The fraction of sp³-hybridized carbons (Fsp3) is 0.588. The molecule has 0 bridgehead atoms. The van der Waals surface area contributed by atoms with Crippen molar-refractivity contribution in [1.82, 2.24) is 5.32 Å². The highest BCUT2D eigenvalue weighted by Gasteiger charge is 2.33. The van der Waals surface area contributed by atoms with E-state index in [4.69, 9.17) is 10.5 Å². The summed E-state index contributed by atoms with van der Waals surface area (Å²) < 4.78 is 5.86. The molecule has 118 valence electrons. The van der Waals surface area contributed by atoms with Crippen molar-refractivity contribution in [2.45, 2.75) is 46.6 Å². The predicted molar refractivity (Wildman–Crippen MR) is 86.3 cm³/mol. The van der Waals surface area contributed by atoms with Crippen LogP contribution in [0, 0.1) is 12.3 Å². The summed E-state index contributed by atoms with van der Waals surface area (Å²) in [6.07, 6.45) is 1.41. The average Bonchev–Trinajstić information content (AvgIpc) is 2.50. The van der Waals surface area contributed by atoms with Crippen molar-refractivity contribution in [3.05, 3.63) is 29.8 Å². The first-order valence-electron chi connectivity index (χ1n) is 7.69. The number of ether oxygens (including phenoxy) is 1. The highest BCUT2D eigenvalue weighted by atomic mass is 16.5. The van der Waals surface area contributed by atoms with Crippen LogP contribution >= 0.6 is 0 Å². The molecule has 0 saturated carbocycles. The summed E-state index contributed by atoms with van der Waals surface area (Å²) in [5, 5.41) is 2.97. The second-order valence-electron chi connectivity index (χ2n) is 5.60. The van der Waals surface area contributed by atoms with E-state index in [0.29, 0.717) is 13.1 Å². The van der Waals surface area contributed by atoms with Gasteiger partial charge in [-0.3, -0.25) is 4.79 Å². The van der Waals surface area contributed by atoms with Gasteiger partial charge in [0.25, 0.3) is 0 Å². The van der Waals surface area contributed by atoms with Gasteiger partial charge in [-0.15, -0.1) is 0 Å². The van der Waals surface area contributed by atoms with E-state index in [1.807, 2.05) is 52.0 Å². The lowest BCUT2D eigenvalue weighted by atomic mass is 9.81. The number of rotatable bonds is 8. The molecule has 1 aromatic rings.